The molecule has 64 heavy (non-hydrogen) atoms. The topological polar surface area (TPSA) is 181 Å². The SMILES string of the molecule is COc1ccc2c(=O)cc(Sc3nncn3C)[nH]c2c1Cl.COc1ccc2c(Cl)cc(Cl)nc2c1Cl.COc1ccc2c(Cl)cc(Sc3nncn3C)nc2c1Cl.Cn1cn[nH]c1=S. The molecule has 0 aliphatic heterocycles. The Labute approximate surface area is 407 Å². The Morgan fingerprint density at radius 1 is 0.625 bits per heavy atom. The van der Waals surface area contributed by atoms with Crippen LogP contribution in [-0.2, 0) is 21.1 Å². The Morgan fingerprint density at radius 2 is 1.14 bits per heavy atom. The molecule has 0 radical (unpaired) electrons. The number of aromatic amines is 2. The molecule has 0 saturated carbocycles. The van der Waals surface area contributed by atoms with E-state index in [-0.39, 0.29) is 5.43 Å². The first-order chi connectivity index (χ1) is 30.6. The van der Waals surface area contributed by atoms with Gasteiger partial charge in [-0.3, -0.25) is 9.89 Å². The Hall–Kier alpha value is -4.83. The fourth-order valence-electron chi connectivity index (χ4n) is 5.39. The average molecular weight is 1040 g/mol. The second-order valence-electron chi connectivity index (χ2n) is 12.8. The number of aromatic nitrogens is 12. The lowest BCUT2D eigenvalue weighted by Gasteiger charge is -2.09. The molecule has 9 aromatic rings. The van der Waals surface area contributed by atoms with Gasteiger partial charge in [0, 0.05) is 43.4 Å². The molecule has 25 heteroatoms. The number of nitrogens with one attached hydrogen (secondary N) is 2. The molecule has 332 valence electrons. The zero-order valence-corrected chi connectivity index (χ0v) is 41.0. The third kappa shape index (κ3) is 11.3. The Morgan fingerprint density at radius 3 is 1.62 bits per heavy atom. The molecule has 16 nitrogen and oxygen atoms in total. The van der Waals surface area contributed by atoms with Crippen LogP contribution < -0.4 is 19.6 Å². The number of rotatable bonds is 7. The number of halogens is 6. The maximum atomic E-state index is 12.2. The highest BCUT2D eigenvalue weighted by Crippen LogP contribution is 2.38. The first kappa shape index (κ1) is 48.6. The molecule has 3 aromatic carbocycles. The van der Waals surface area contributed by atoms with E-state index < -0.39 is 0 Å². The van der Waals surface area contributed by atoms with Gasteiger partial charge in [-0.05, 0) is 84.3 Å². The van der Waals surface area contributed by atoms with Crippen LogP contribution in [0.2, 0.25) is 30.3 Å². The lowest BCUT2D eigenvalue weighted by molar-refractivity contribution is 0.415. The quantitative estimate of drug-likeness (QED) is 0.114. The summed E-state index contributed by atoms with van der Waals surface area (Å²) in [5, 5.41) is 29.3. The summed E-state index contributed by atoms with van der Waals surface area (Å²) in [6, 6.07) is 15.4. The highest BCUT2D eigenvalue weighted by Gasteiger charge is 2.15. The van der Waals surface area contributed by atoms with Crippen LogP contribution in [0.1, 0.15) is 0 Å². The van der Waals surface area contributed by atoms with Crippen molar-refractivity contribution in [3.05, 3.63) is 119 Å². The van der Waals surface area contributed by atoms with E-state index in [1.807, 2.05) is 27.2 Å². The van der Waals surface area contributed by atoms with Crippen molar-refractivity contribution in [1.82, 2.24) is 59.2 Å². The number of aryl methyl sites for hydroxylation is 3. The highest BCUT2D eigenvalue weighted by molar-refractivity contribution is 7.99. The van der Waals surface area contributed by atoms with E-state index >= 15 is 0 Å². The second kappa shape index (κ2) is 21.9. The van der Waals surface area contributed by atoms with Crippen LogP contribution in [-0.4, -0.2) is 80.6 Å². The monoisotopic (exact) mass is 1040 g/mol. The van der Waals surface area contributed by atoms with Crippen molar-refractivity contribution in [2.45, 2.75) is 20.4 Å². The summed E-state index contributed by atoms with van der Waals surface area (Å²) < 4.78 is 21.4. The largest absolute Gasteiger partial charge is 0.495 e. The van der Waals surface area contributed by atoms with Crippen molar-refractivity contribution in [3.63, 3.8) is 0 Å². The predicted molar refractivity (Wildman–Crippen MR) is 256 cm³/mol. The van der Waals surface area contributed by atoms with Gasteiger partial charge in [-0.2, -0.15) is 5.10 Å². The van der Waals surface area contributed by atoms with Crippen molar-refractivity contribution in [3.8, 4) is 17.2 Å². The molecule has 0 aliphatic rings. The summed E-state index contributed by atoms with van der Waals surface area (Å²) in [5.41, 5.74) is 1.59. The zero-order valence-electron chi connectivity index (χ0n) is 34.0. The number of H-pyrrole nitrogens is 2. The summed E-state index contributed by atoms with van der Waals surface area (Å²) in [7, 11) is 10.2. The standard InChI is InChI=1S/C13H10Cl2N4OS.C13H11ClN4O2S.C10H6Cl3NO.C3H5N3S/c1-19-6-16-18-13(19)21-10-5-8(14)7-3-4-9(20-2)11(15)12(7)17-10;1-18-6-15-17-13(18)21-10-5-8(19)7-3-4-9(20-2)11(14)12(7)16-10;1-15-7-3-2-5-6(11)4-8(12)14-10(5)9(7)13;1-6-2-4-5-3(6)7/h3-6H,1-2H3;3-6H,1-2H3,(H,16,19);2-4H,1H3;2H,1H3,(H,5,7). The average Bonchev–Trinajstić information content (AvgIpc) is 3.99. The van der Waals surface area contributed by atoms with Crippen LogP contribution in [0.15, 0.2) is 98.7 Å². The van der Waals surface area contributed by atoms with Crippen LogP contribution in [0.3, 0.4) is 0 Å². The van der Waals surface area contributed by atoms with Gasteiger partial charge in [-0.1, -0.05) is 69.6 Å². The fourth-order valence-corrected chi connectivity index (χ4v) is 8.75. The minimum absolute atomic E-state index is 0.113. The molecular weight excluding hydrogens is 1010 g/mol. The van der Waals surface area contributed by atoms with E-state index in [9.17, 15) is 4.79 Å². The van der Waals surface area contributed by atoms with E-state index in [2.05, 4.69) is 45.5 Å². The molecule has 6 heterocycles. The number of fused-ring (bicyclic) bond motifs is 3. The van der Waals surface area contributed by atoms with Crippen LogP contribution in [0.25, 0.3) is 32.7 Å². The van der Waals surface area contributed by atoms with E-state index in [0.29, 0.717) is 89.4 Å². The Balaban J connectivity index is 0.000000150. The van der Waals surface area contributed by atoms with Crippen molar-refractivity contribution < 1.29 is 14.2 Å². The van der Waals surface area contributed by atoms with Gasteiger partial charge in [0.15, 0.2) is 20.5 Å². The molecule has 0 fully saturated rings. The first-order valence-electron chi connectivity index (χ1n) is 17.9. The minimum Gasteiger partial charge on any atom is -0.495 e. The molecule has 0 spiro atoms. The van der Waals surface area contributed by atoms with Gasteiger partial charge in [-0.25, -0.2) is 9.97 Å². The third-order valence-corrected chi connectivity index (χ3v) is 12.9. The van der Waals surface area contributed by atoms with Gasteiger partial charge in [-0.15, -0.1) is 20.4 Å². The van der Waals surface area contributed by atoms with Gasteiger partial charge in [0.2, 0.25) is 0 Å². The fraction of sp³-hybridized carbons (Fsp3) is 0.154. The lowest BCUT2D eigenvalue weighted by atomic mass is 10.2. The maximum Gasteiger partial charge on any atom is 0.197 e. The first-order valence-corrected chi connectivity index (χ1v) is 22.2. The summed E-state index contributed by atoms with van der Waals surface area (Å²) in [6.45, 7) is 0. The summed E-state index contributed by atoms with van der Waals surface area (Å²) >= 11 is 44.2. The molecule has 0 atom stereocenters. The Bertz CT molecular complexity index is 3230. The molecule has 6 aromatic heterocycles. The van der Waals surface area contributed by atoms with Gasteiger partial charge in [0.25, 0.3) is 0 Å². The predicted octanol–water partition coefficient (Wildman–Crippen LogP) is 11.0. The molecule has 9 rings (SSSR count). The van der Waals surface area contributed by atoms with Crippen LogP contribution >= 0.6 is 105 Å². The second-order valence-corrected chi connectivity index (χ2v) is 17.5. The highest BCUT2D eigenvalue weighted by atomic mass is 35.5. The number of nitrogens with zero attached hydrogens (tertiary/aromatic N) is 10. The van der Waals surface area contributed by atoms with Gasteiger partial charge in [0.05, 0.1) is 53.0 Å². The lowest BCUT2D eigenvalue weighted by Crippen LogP contribution is -2.03. The number of benzene rings is 3. The Kier molecular flexibility index (Phi) is 16.6. The van der Waals surface area contributed by atoms with Gasteiger partial charge in [0.1, 0.15) is 61.5 Å². The minimum atomic E-state index is -0.113. The van der Waals surface area contributed by atoms with Crippen molar-refractivity contribution in [2.24, 2.45) is 21.1 Å². The zero-order chi connectivity index (χ0) is 46.2. The number of methoxy groups -OCH3 is 3. The van der Waals surface area contributed by atoms with Crippen LogP contribution in [0, 0.1) is 4.77 Å². The molecule has 0 bridgehead atoms. The van der Waals surface area contributed by atoms with E-state index in [0.717, 1.165) is 15.9 Å². The van der Waals surface area contributed by atoms with Crippen LogP contribution in [0.4, 0.5) is 0 Å². The number of ether oxygens (including phenoxy) is 3. The molecular formula is C39H32Cl6N12O4S3. The smallest absolute Gasteiger partial charge is 0.197 e. The molecule has 0 saturated heterocycles. The number of pyridine rings is 3. The molecule has 0 unspecified atom stereocenters. The van der Waals surface area contributed by atoms with E-state index in [1.54, 1.807) is 89.4 Å². The molecule has 0 amide bonds. The van der Waals surface area contributed by atoms with Crippen LogP contribution in [0.5, 0.6) is 17.2 Å². The van der Waals surface area contributed by atoms with E-state index in [4.69, 9.17) is 96.0 Å². The van der Waals surface area contributed by atoms with Gasteiger partial charge >= 0.3 is 0 Å². The van der Waals surface area contributed by atoms with E-state index in [1.165, 1.54) is 36.7 Å². The van der Waals surface area contributed by atoms with Crippen molar-refractivity contribution in [1.29, 1.82) is 0 Å². The summed E-state index contributed by atoms with van der Waals surface area (Å²) in [6.07, 6.45) is 4.85. The molecule has 0 aliphatic carbocycles. The maximum absolute atomic E-state index is 12.2. The third-order valence-electron chi connectivity index (χ3n) is 8.60. The molecule has 2 N–H and O–H groups in total. The van der Waals surface area contributed by atoms with Gasteiger partial charge < -0.3 is 32.9 Å². The van der Waals surface area contributed by atoms with Crippen molar-refractivity contribution >= 4 is 138 Å². The summed E-state index contributed by atoms with van der Waals surface area (Å²) in [5.74, 6) is 1.63. The summed E-state index contributed by atoms with van der Waals surface area (Å²) in [4.78, 5) is 24.0. The normalized spacial score (nSPS) is 10.8. The number of hydrogen-bond acceptors (Lipinski definition) is 14. The number of hydrogen-bond donors (Lipinski definition) is 2. The van der Waals surface area contributed by atoms with Crippen molar-refractivity contribution in [2.75, 3.05) is 21.3 Å².